The van der Waals surface area contributed by atoms with Gasteiger partial charge in [-0.05, 0) is 13.3 Å². The predicted molar refractivity (Wildman–Crippen MR) is 45.1 cm³/mol. The molecule has 1 saturated heterocycles. The Kier molecular flexibility index (Phi) is 3.20. The molecule has 1 heteroatoms. The maximum atomic E-state index is 3.41. The minimum atomic E-state index is 0.821. The van der Waals surface area contributed by atoms with Gasteiger partial charge in [-0.2, -0.15) is 0 Å². The Morgan fingerprint density at radius 2 is 1.90 bits per heavy atom. The van der Waals surface area contributed by atoms with Crippen LogP contribution in [0.4, 0.5) is 0 Å². The van der Waals surface area contributed by atoms with Crippen molar-refractivity contribution in [2.24, 2.45) is 0 Å². The highest BCUT2D eigenvalue weighted by Gasteiger charge is 2.29. The first kappa shape index (κ1) is 8.06. The summed E-state index contributed by atoms with van der Waals surface area (Å²) in [6.45, 7) is 4.53. The zero-order valence-corrected chi connectivity index (χ0v) is 7.19. The fraction of sp³-hybridized carbons (Fsp3) is 1.00. The number of hydrogen-bond donors (Lipinski definition) is 1. The van der Waals surface area contributed by atoms with E-state index in [1.165, 1.54) is 32.1 Å². The van der Waals surface area contributed by atoms with Gasteiger partial charge < -0.3 is 5.32 Å². The summed E-state index contributed by atoms with van der Waals surface area (Å²) in [5.41, 5.74) is 0. The summed E-state index contributed by atoms with van der Waals surface area (Å²) in [5, 5.41) is 3.41. The molecule has 60 valence electrons. The van der Waals surface area contributed by atoms with Crippen LogP contribution in [0.5, 0.6) is 0 Å². The Balaban J connectivity index is 1.78. The monoisotopic (exact) mass is 141 g/mol. The standard InChI is InChI=1S/C9H19N/c1-3-4-5-6-7-9-8(2)10-9/h8-10H,3-7H2,1-2H3/t8-,9-/m0/s1. The zero-order chi connectivity index (χ0) is 7.40. The summed E-state index contributed by atoms with van der Waals surface area (Å²) < 4.78 is 0. The molecule has 1 N–H and O–H groups in total. The maximum Gasteiger partial charge on any atom is 0.0221 e. The molecular formula is C9H19N. The molecule has 0 aromatic rings. The van der Waals surface area contributed by atoms with Crippen LogP contribution >= 0.6 is 0 Å². The van der Waals surface area contributed by atoms with E-state index in [0.717, 1.165) is 12.1 Å². The molecule has 1 aliphatic heterocycles. The van der Waals surface area contributed by atoms with E-state index in [2.05, 4.69) is 19.2 Å². The van der Waals surface area contributed by atoms with Crippen molar-refractivity contribution >= 4 is 0 Å². The third-order valence-electron chi connectivity index (χ3n) is 2.34. The lowest BCUT2D eigenvalue weighted by Crippen LogP contribution is -1.90. The Morgan fingerprint density at radius 1 is 1.20 bits per heavy atom. The molecule has 0 aliphatic carbocycles. The summed E-state index contributed by atoms with van der Waals surface area (Å²) in [6.07, 6.45) is 7.03. The van der Waals surface area contributed by atoms with Crippen molar-refractivity contribution in [2.75, 3.05) is 0 Å². The molecule has 0 spiro atoms. The van der Waals surface area contributed by atoms with Crippen LogP contribution in [0.15, 0.2) is 0 Å². The summed E-state index contributed by atoms with van der Waals surface area (Å²) in [4.78, 5) is 0. The van der Waals surface area contributed by atoms with E-state index < -0.39 is 0 Å². The minimum Gasteiger partial charge on any atom is -0.308 e. The number of hydrogen-bond acceptors (Lipinski definition) is 1. The molecule has 0 radical (unpaired) electrons. The van der Waals surface area contributed by atoms with Gasteiger partial charge in [0.15, 0.2) is 0 Å². The smallest absolute Gasteiger partial charge is 0.0221 e. The van der Waals surface area contributed by atoms with Gasteiger partial charge in [-0.1, -0.05) is 32.6 Å². The lowest BCUT2D eigenvalue weighted by molar-refractivity contribution is 0.623. The molecule has 0 unspecified atom stereocenters. The van der Waals surface area contributed by atoms with Crippen molar-refractivity contribution in [1.29, 1.82) is 0 Å². The van der Waals surface area contributed by atoms with Crippen LogP contribution in [0.25, 0.3) is 0 Å². The highest BCUT2D eigenvalue weighted by atomic mass is 15.1. The van der Waals surface area contributed by atoms with Crippen LogP contribution in [0.2, 0.25) is 0 Å². The second kappa shape index (κ2) is 3.97. The average molecular weight is 141 g/mol. The molecule has 0 aromatic heterocycles. The molecule has 1 heterocycles. The molecule has 0 aromatic carbocycles. The topological polar surface area (TPSA) is 21.9 Å². The number of nitrogens with one attached hydrogen (secondary N) is 1. The van der Waals surface area contributed by atoms with Crippen LogP contribution in [-0.2, 0) is 0 Å². The predicted octanol–water partition coefficient (Wildman–Crippen LogP) is 2.32. The molecule has 10 heavy (non-hydrogen) atoms. The lowest BCUT2D eigenvalue weighted by Gasteiger charge is -1.95. The Hall–Kier alpha value is -0.0400. The maximum absolute atomic E-state index is 3.41. The number of rotatable bonds is 5. The summed E-state index contributed by atoms with van der Waals surface area (Å²) >= 11 is 0. The van der Waals surface area contributed by atoms with E-state index in [0.29, 0.717) is 0 Å². The molecule has 1 rings (SSSR count). The van der Waals surface area contributed by atoms with E-state index in [-0.39, 0.29) is 0 Å². The van der Waals surface area contributed by atoms with E-state index in [1.54, 1.807) is 0 Å². The largest absolute Gasteiger partial charge is 0.308 e. The third-order valence-corrected chi connectivity index (χ3v) is 2.34. The van der Waals surface area contributed by atoms with E-state index in [9.17, 15) is 0 Å². The lowest BCUT2D eigenvalue weighted by atomic mass is 10.1. The second-order valence-electron chi connectivity index (χ2n) is 3.41. The minimum absolute atomic E-state index is 0.821. The summed E-state index contributed by atoms with van der Waals surface area (Å²) in [6, 6.07) is 1.69. The highest BCUT2D eigenvalue weighted by molar-refractivity contribution is 4.93. The Labute approximate surface area is 64.2 Å². The van der Waals surface area contributed by atoms with Crippen LogP contribution < -0.4 is 5.32 Å². The molecule has 0 amide bonds. The molecule has 1 aliphatic rings. The van der Waals surface area contributed by atoms with Crippen LogP contribution in [0.1, 0.15) is 46.0 Å². The first-order chi connectivity index (χ1) is 4.84. The normalized spacial score (nSPS) is 30.6. The molecule has 2 atom stereocenters. The van der Waals surface area contributed by atoms with Gasteiger partial charge in [0.05, 0.1) is 0 Å². The van der Waals surface area contributed by atoms with Gasteiger partial charge in [-0.3, -0.25) is 0 Å². The molecule has 1 nitrogen and oxygen atoms in total. The van der Waals surface area contributed by atoms with Crippen molar-refractivity contribution in [3.05, 3.63) is 0 Å². The van der Waals surface area contributed by atoms with Gasteiger partial charge in [0.25, 0.3) is 0 Å². The van der Waals surface area contributed by atoms with Crippen molar-refractivity contribution in [1.82, 2.24) is 5.32 Å². The van der Waals surface area contributed by atoms with Crippen molar-refractivity contribution < 1.29 is 0 Å². The van der Waals surface area contributed by atoms with E-state index in [4.69, 9.17) is 0 Å². The molecular weight excluding hydrogens is 122 g/mol. The molecule has 0 saturated carbocycles. The second-order valence-corrected chi connectivity index (χ2v) is 3.41. The van der Waals surface area contributed by atoms with Gasteiger partial charge in [0.2, 0.25) is 0 Å². The number of unbranched alkanes of at least 4 members (excludes halogenated alkanes) is 3. The van der Waals surface area contributed by atoms with Crippen molar-refractivity contribution in [3.8, 4) is 0 Å². The molecule has 0 bridgehead atoms. The van der Waals surface area contributed by atoms with E-state index >= 15 is 0 Å². The average Bonchev–Trinajstić information content (AvgIpc) is 2.60. The zero-order valence-electron chi connectivity index (χ0n) is 7.19. The van der Waals surface area contributed by atoms with Crippen LogP contribution in [0, 0.1) is 0 Å². The molecule has 1 fully saturated rings. The SMILES string of the molecule is CCCCCC[C@@H]1N[C@H]1C. The quantitative estimate of drug-likeness (QED) is 0.460. The fourth-order valence-electron chi connectivity index (χ4n) is 1.41. The van der Waals surface area contributed by atoms with Gasteiger partial charge in [-0.15, -0.1) is 0 Å². The Morgan fingerprint density at radius 3 is 2.40 bits per heavy atom. The fourth-order valence-corrected chi connectivity index (χ4v) is 1.41. The van der Waals surface area contributed by atoms with Crippen molar-refractivity contribution in [3.63, 3.8) is 0 Å². The third kappa shape index (κ3) is 2.70. The first-order valence-corrected chi connectivity index (χ1v) is 4.60. The van der Waals surface area contributed by atoms with Crippen LogP contribution in [0.3, 0.4) is 0 Å². The van der Waals surface area contributed by atoms with Gasteiger partial charge in [0, 0.05) is 12.1 Å². The summed E-state index contributed by atoms with van der Waals surface area (Å²) in [5.74, 6) is 0. The van der Waals surface area contributed by atoms with E-state index in [1.807, 2.05) is 0 Å². The highest BCUT2D eigenvalue weighted by Crippen LogP contribution is 2.17. The van der Waals surface area contributed by atoms with Gasteiger partial charge in [-0.25, -0.2) is 0 Å². The Bertz CT molecular complexity index is 90.7. The van der Waals surface area contributed by atoms with Crippen molar-refractivity contribution in [2.45, 2.75) is 58.0 Å². The van der Waals surface area contributed by atoms with Crippen LogP contribution in [-0.4, -0.2) is 12.1 Å². The van der Waals surface area contributed by atoms with Gasteiger partial charge >= 0.3 is 0 Å². The summed E-state index contributed by atoms with van der Waals surface area (Å²) in [7, 11) is 0. The first-order valence-electron chi connectivity index (χ1n) is 4.60. The van der Waals surface area contributed by atoms with Gasteiger partial charge in [0.1, 0.15) is 0 Å².